The molecule has 0 bridgehead atoms. The maximum absolute atomic E-state index is 12.4. The monoisotopic (exact) mass is 276 g/mol. The third-order valence-electron chi connectivity index (χ3n) is 4.14. The number of carbonyl (C=O) groups is 1. The number of hydrogen-bond donors (Lipinski definition) is 2. The summed E-state index contributed by atoms with van der Waals surface area (Å²) in [6.07, 6.45) is 6.68. The summed E-state index contributed by atoms with van der Waals surface area (Å²) in [4.78, 5) is 25.0. The van der Waals surface area contributed by atoms with Crippen LogP contribution in [0.1, 0.15) is 29.8 Å². The Bertz CT molecular complexity index is 476. The molecule has 3 heterocycles. The van der Waals surface area contributed by atoms with Gasteiger partial charge in [-0.05, 0) is 19.4 Å². The van der Waals surface area contributed by atoms with Crippen LogP contribution < -0.4 is 11.3 Å². The van der Waals surface area contributed by atoms with Gasteiger partial charge in [0.2, 0.25) is 0 Å². The first-order valence-corrected chi connectivity index (χ1v) is 7.10. The van der Waals surface area contributed by atoms with Gasteiger partial charge >= 0.3 is 0 Å². The predicted octanol–water partition coefficient (Wildman–Crippen LogP) is 0.0725. The van der Waals surface area contributed by atoms with Crippen molar-refractivity contribution >= 4 is 11.7 Å². The maximum Gasteiger partial charge on any atom is 0.274 e. The highest BCUT2D eigenvalue weighted by atomic mass is 16.2. The number of nitrogen functional groups attached to an aromatic ring is 1. The standard InChI is InChI=1S/C13H20N6O/c14-17-12-8-15-11(7-16-12)13(20)19-6-5-18-4-2-1-3-10(18)9-19/h7-8,10H,1-6,9,14H2,(H,16,17). The van der Waals surface area contributed by atoms with Crippen molar-refractivity contribution in [2.24, 2.45) is 5.84 Å². The van der Waals surface area contributed by atoms with E-state index in [9.17, 15) is 4.79 Å². The molecular formula is C13H20N6O. The van der Waals surface area contributed by atoms with Crippen LogP contribution in [0.15, 0.2) is 12.4 Å². The van der Waals surface area contributed by atoms with Crippen molar-refractivity contribution in [3.63, 3.8) is 0 Å². The number of nitrogens with one attached hydrogen (secondary N) is 1. The molecular weight excluding hydrogens is 256 g/mol. The molecule has 2 fully saturated rings. The summed E-state index contributed by atoms with van der Waals surface area (Å²) in [6.45, 7) is 3.71. The van der Waals surface area contributed by atoms with Crippen LogP contribution in [-0.4, -0.2) is 57.9 Å². The summed E-state index contributed by atoms with van der Waals surface area (Å²) in [6, 6.07) is 0.513. The zero-order chi connectivity index (χ0) is 13.9. The number of rotatable bonds is 2. The van der Waals surface area contributed by atoms with Gasteiger partial charge in [0, 0.05) is 25.7 Å². The summed E-state index contributed by atoms with van der Waals surface area (Å²) < 4.78 is 0. The molecule has 3 rings (SSSR count). The van der Waals surface area contributed by atoms with Crippen molar-refractivity contribution in [2.45, 2.75) is 25.3 Å². The van der Waals surface area contributed by atoms with E-state index in [0.717, 1.165) is 19.6 Å². The number of carbonyl (C=O) groups excluding carboxylic acids is 1. The van der Waals surface area contributed by atoms with Crippen LogP contribution in [0.5, 0.6) is 0 Å². The van der Waals surface area contributed by atoms with E-state index in [1.165, 1.54) is 38.2 Å². The van der Waals surface area contributed by atoms with E-state index < -0.39 is 0 Å². The van der Waals surface area contributed by atoms with E-state index in [1.54, 1.807) is 0 Å². The molecule has 1 aromatic rings. The molecule has 3 N–H and O–H groups in total. The number of hydrogen-bond acceptors (Lipinski definition) is 6. The average molecular weight is 276 g/mol. The Balaban J connectivity index is 1.67. The fourth-order valence-electron chi connectivity index (χ4n) is 3.02. The van der Waals surface area contributed by atoms with Crippen LogP contribution in [0.4, 0.5) is 5.82 Å². The fourth-order valence-corrected chi connectivity index (χ4v) is 3.02. The van der Waals surface area contributed by atoms with Gasteiger partial charge in [-0.25, -0.2) is 15.8 Å². The van der Waals surface area contributed by atoms with Crippen molar-refractivity contribution in [2.75, 3.05) is 31.6 Å². The fraction of sp³-hybridized carbons (Fsp3) is 0.615. The quantitative estimate of drug-likeness (QED) is 0.587. The Labute approximate surface area is 118 Å². The van der Waals surface area contributed by atoms with Crippen LogP contribution >= 0.6 is 0 Å². The first-order valence-electron chi connectivity index (χ1n) is 7.10. The molecule has 1 amide bonds. The van der Waals surface area contributed by atoms with Crippen molar-refractivity contribution in [3.8, 4) is 0 Å². The number of piperidine rings is 1. The molecule has 108 valence electrons. The average Bonchev–Trinajstić information content (AvgIpc) is 2.54. The van der Waals surface area contributed by atoms with Crippen molar-refractivity contribution < 1.29 is 4.79 Å². The summed E-state index contributed by atoms with van der Waals surface area (Å²) in [5.74, 6) is 5.66. The highest BCUT2D eigenvalue weighted by Crippen LogP contribution is 2.21. The first kappa shape index (κ1) is 13.3. The SMILES string of the molecule is NNc1cnc(C(=O)N2CCN3CCCCC3C2)cn1. The summed E-state index contributed by atoms with van der Waals surface area (Å²) in [5.41, 5.74) is 2.79. The first-order chi connectivity index (χ1) is 9.78. The largest absolute Gasteiger partial charge is 0.334 e. The molecule has 1 atom stereocenters. The molecule has 0 spiro atoms. The van der Waals surface area contributed by atoms with Crippen LogP contribution in [0.2, 0.25) is 0 Å². The van der Waals surface area contributed by atoms with Crippen LogP contribution in [0.25, 0.3) is 0 Å². The lowest BCUT2D eigenvalue weighted by Crippen LogP contribution is -2.56. The molecule has 7 nitrogen and oxygen atoms in total. The van der Waals surface area contributed by atoms with Gasteiger partial charge < -0.3 is 10.3 Å². The number of anilines is 1. The van der Waals surface area contributed by atoms with Crippen molar-refractivity contribution in [3.05, 3.63) is 18.1 Å². The molecule has 20 heavy (non-hydrogen) atoms. The molecule has 1 unspecified atom stereocenters. The van der Waals surface area contributed by atoms with Gasteiger partial charge in [0.05, 0.1) is 12.4 Å². The number of hydrazine groups is 1. The second-order valence-electron chi connectivity index (χ2n) is 5.37. The number of amides is 1. The number of fused-ring (bicyclic) bond motifs is 1. The predicted molar refractivity (Wildman–Crippen MR) is 75.0 cm³/mol. The Morgan fingerprint density at radius 3 is 2.90 bits per heavy atom. The van der Waals surface area contributed by atoms with Gasteiger partial charge in [0.25, 0.3) is 5.91 Å². The maximum atomic E-state index is 12.4. The molecule has 0 aromatic carbocycles. The third kappa shape index (κ3) is 2.59. The molecule has 2 saturated heterocycles. The Morgan fingerprint density at radius 2 is 2.15 bits per heavy atom. The minimum atomic E-state index is -0.0358. The third-order valence-corrected chi connectivity index (χ3v) is 4.14. The minimum absolute atomic E-state index is 0.0358. The molecule has 2 aliphatic rings. The molecule has 1 aromatic heterocycles. The second kappa shape index (κ2) is 5.72. The van der Waals surface area contributed by atoms with E-state index in [1.807, 2.05) is 4.90 Å². The number of nitrogens with zero attached hydrogens (tertiary/aromatic N) is 4. The normalized spacial score (nSPS) is 23.2. The van der Waals surface area contributed by atoms with E-state index >= 15 is 0 Å². The molecule has 0 aliphatic carbocycles. The number of piperazine rings is 1. The minimum Gasteiger partial charge on any atom is -0.334 e. The topological polar surface area (TPSA) is 87.4 Å². The van der Waals surface area contributed by atoms with E-state index in [2.05, 4.69) is 20.3 Å². The van der Waals surface area contributed by atoms with Gasteiger partial charge in [-0.15, -0.1) is 0 Å². The zero-order valence-corrected chi connectivity index (χ0v) is 11.5. The Kier molecular flexibility index (Phi) is 3.79. The summed E-state index contributed by atoms with van der Waals surface area (Å²) >= 11 is 0. The van der Waals surface area contributed by atoms with Gasteiger partial charge in [-0.1, -0.05) is 6.42 Å². The molecule has 0 radical (unpaired) electrons. The van der Waals surface area contributed by atoms with Gasteiger partial charge in [0.1, 0.15) is 5.69 Å². The lowest BCUT2D eigenvalue weighted by atomic mass is 9.99. The van der Waals surface area contributed by atoms with Crippen LogP contribution in [0.3, 0.4) is 0 Å². The Hall–Kier alpha value is -1.73. The summed E-state index contributed by atoms with van der Waals surface area (Å²) in [5, 5.41) is 0. The smallest absolute Gasteiger partial charge is 0.274 e. The van der Waals surface area contributed by atoms with Gasteiger partial charge in [-0.2, -0.15) is 0 Å². The summed E-state index contributed by atoms with van der Waals surface area (Å²) in [7, 11) is 0. The van der Waals surface area contributed by atoms with Gasteiger partial charge in [0.15, 0.2) is 5.82 Å². The molecule has 7 heteroatoms. The van der Waals surface area contributed by atoms with Crippen molar-refractivity contribution in [1.29, 1.82) is 0 Å². The van der Waals surface area contributed by atoms with E-state index in [-0.39, 0.29) is 5.91 Å². The van der Waals surface area contributed by atoms with Crippen LogP contribution in [-0.2, 0) is 0 Å². The number of nitrogens with two attached hydrogens (primary N) is 1. The van der Waals surface area contributed by atoms with E-state index in [4.69, 9.17) is 5.84 Å². The van der Waals surface area contributed by atoms with Crippen LogP contribution in [0, 0.1) is 0 Å². The highest BCUT2D eigenvalue weighted by molar-refractivity contribution is 5.92. The lowest BCUT2D eigenvalue weighted by Gasteiger charge is -2.43. The zero-order valence-electron chi connectivity index (χ0n) is 11.5. The highest BCUT2D eigenvalue weighted by Gasteiger charge is 2.31. The molecule has 0 saturated carbocycles. The second-order valence-corrected chi connectivity index (χ2v) is 5.37. The molecule has 2 aliphatic heterocycles. The van der Waals surface area contributed by atoms with Crippen molar-refractivity contribution in [1.82, 2.24) is 19.8 Å². The lowest BCUT2D eigenvalue weighted by molar-refractivity contribution is 0.0368. The number of aromatic nitrogens is 2. The van der Waals surface area contributed by atoms with E-state index in [0.29, 0.717) is 17.6 Å². The van der Waals surface area contributed by atoms with Gasteiger partial charge in [-0.3, -0.25) is 9.69 Å². The Morgan fingerprint density at radius 1 is 1.25 bits per heavy atom.